The SMILES string of the molecule is CC(CCC(c1cc(F)ccc1F)S(=O)(=O)c1ccc(Cl)cc1)O[Si](C)(C)C(C)(C)C. The number of hydrogen-bond donors (Lipinski definition) is 0. The maximum atomic E-state index is 14.6. The van der Waals surface area contributed by atoms with Crippen molar-refractivity contribution in [2.24, 2.45) is 0 Å². The van der Waals surface area contributed by atoms with Gasteiger partial charge in [-0.25, -0.2) is 17.2 Å². The van der Waals surface area contributed by atoms with Crippen LogP contribution in [0.3, 0.4) is 0 Å². The predicted octanol–water partition coefficient (Wildman–Crippen LogP) is 7.32. The summed E-state index contributed by atoms with van der Waals surface area (Å²) < 4.78 is 61.6. The molecule has 31 heavy (non-hydrogen) atoms. The normalized spacial score (nSPS) is 15.0. The van der Waals surface area contributed by atoms with Crippen molar-refractivity contribution < 1.29 is 21.6 Å². The van der Waals surface area contributed by atoms with E-state index in [1.807, 2.05) is 6.92 Å². The maximum absolute atomic E-state index is 14.6. The van der Waals surface area contributed by atoms with Gasteiger partial charge in [0.05, 0.1) is 10.1 Å². The Labute approximate surface area is 190 Å². The molecular formula is C23H31ClF2O3SSi. The molecule has 0 aliphatic heterocycles. The highest BCUT2D eigenvalue weighted by Gasteiger charge is 2.39. The van der Waals surface area contributed by atoms with E-state index in [9.17, 15) is 17.2 Å². The van der Waals surface area contributed by atoms with Crippen LogP contribution >= 0.6 is 11.6 Å². The van der Waals surface area contributed by atoms with Gasteiger partial charge in [-0.1, -0.05) is 32.4 Å². The van der Waals surface area contributed by atoms with Gasteiger partial charge >= 0.3 is 0 Å². The molecule has 3 nitrogen and oxygen atoms in total. The molecule has 172 valence electrons. The monoisotopic (exact) mass is 488 g/mol. The molecule has 0 spiro atoms. The third kappa shape index (κ3) is 6.37. The van der Waals surface area contributed by atoms with Crippen LogP contribution in [0, 0.1) is 11.6 Å². The summed E-state index contributed by atoms with van der Waals surface area (Å²) in [6.07, 6.45) is 0.265. The van der Waals surface area contributed by atoms with Crippen molar-refractivity contribution in [3.05, 3.63) is 64.7 Å². The van der Waals surface area contributed by atoms with Crippen LogP contribution < -0.4 is 0 Å². The Bertz CT molecular complexity index is 1000. The molecule has 0 saturated heterocycles. The van der Waals surface area contributed by atoms with E-state index in [0.29, 0.717) is 11.4 Å². The average molecular weight is 489 g/mol. The van der Waals surface area contributed by atoms with E-state index in [1.54, 1.807) is 0 Å². The molecule has 0 radical (unpaired) electrons. The van der Waals surface area contributed by atoms with Gasteiger partial charge in [-0.2, -0.15) is 0 Å². The van der Waals surface area contributed by atoms with Crippen molar-refractivity contribution in [3.63, 3.8) is 0 Å². The molecule has 0 aromatic heterocycles. The molecule has 0 heterocycles. The van der Waals surface area contributed by atoms with E-state index in [-0.39, 0.29) is 28.0 Å². The molecule has 2 rings (SSSR count). The number of hydrogen-bond acceptors (Lipinski definition) is 3. The second kappa shape index (κ2) is 9.69. The summed E-state index contributed by atoms with van der Waals surface area (Å²) in [4.78, 5) is 0.0172. The summed E-state index contributed by atoms with van der Waals surface area (Å²) in [6.45, 7) is 12.5. The molecule has 0 amide bonds. The minimum Gasteiger partial charge on any atom is -0.414 e. The Morgan fingerprint density at radius 2 is 1.61 bits per heavy atom. The molecule has 0 aliphatic carbocycles. The van der Waals surface area contributed by atoms with E-state index in [2.05, 4.69) is 33.9 Å². The second-order valence-corrected chi connectivity index (χ2v) is 16.7. The number of halogens is 3. The quantitative estimate of drug-likeness (QED) is 0.365. The van der Waals surface area contributed by atoms with Crippen molar-refractivity contribution in [2.75, 3.05) is 0 Å². The summed E-state index contributed by atoms with van der Waals surface area (Å²) in [5.74, 6) is -1.43. The molecule has 2 atom stereocenters. The van der Waals surface area contributed by atoms with Gasteiger partial charge in [0.1, 0.15) is 11.6 Å². The Hall–Kier alpha value is -1.28. The van der Waals surface area contributed by atoms with Crippen molar-refractivity contribution in [1.29, 1.82) is 0 Å². The second-order valence-electron chi connectivity index (χ2n) is 9.42. The van der Waals surface area contributed by atoms with Crippen LogP contribution in [0.15, 0.2) is 47.4 Å². The largest absolute Gasteiger partial charge is 0.414 e. The summed E-state index contributed by atoms with van der Waals surface area (Å²) >= 11 is 5.89. The third-order valence-electron chi connectivity index (χ3n) is 5.96. The minimum atomic E-state index is -3.99. The molecule has 0 N–H and O–H groups in total. The van der Waals surface area contributed by atoms with Crippen molar-refractivity contribution >= 4 is 29.8 Å². The fourth-order valence-electron chi connectivity index (χ4n) is 3.15. The van der Waals surface area contributed by atoms with Gasteiger partial charge in [0.15, 0.2) is 18.2 Å². The van der Waals surface area contributed by atoms with Crippen LogP contribution in [0.1, 0.15) is 51.3 Å². The number of rotatable bonds is 8. The van der Waals surface area contributed by atoms with E-state index in [0.717, 1.165) is 18.2 Å². The Kier molecular flexibility index (Phi) is 8.12. The third-order valence-corrected chi connectivity index (χ3v) is 13.0. The molecule has 0 bridgehead atoms. The topological polar surface area (TPSA) is 43.4 Å². The van der Waals surface area contributed by atoms with Crippen LogP contribution in [0.5, 0.6) is 0 Å². The molecule has 2 aromatic carbocycles. The van der Waals surface area contributed by atoms with E-state index < -0.39 is 35.0 Å². The summed E-state index contributed by atoms with van der Waals surface area (Å²) in [5, 5.41) is -0.844. The number of benzene rings is 2. The van der Waals surface area contributed by atoms with Gasteiger partial charge in [-0.05, 0) is 80.4 Å². The lowest BCUT2D eigenvalue weighted by atomic mass is 10.1. The fraction of sp³-hybridized carbons (Fsp3) is 0.478. The van der Waals surface area contributed by atoms with Crippen LogP contribution in [0.25, 0.3) is 0 Å². The van der Waals surface area contributed by atoms with Gasteiger partial charge in [-0.15, -0.1) is 0 Å². The van der Waals surface area contributed by atoms with Gasteiger partial charge in [-0.3, -0.25) is 0 Å². The zero-order chi connectivity index (χ0) is 23.6. The van der Waals surface area contributed by atoms with Gasteiger partial charge in [0, 0.05) is 16.7 Å². The Morgan fingerprint density at radius 1 is 1.03 bits per heavy atom. The zero-order valence-electron chi connectivity index (χ0n) is 18.9. The van der Waals surface area contributed by atoms with Crippen LogP contribution in [-0.4, -0.2) is 22.8 Å². The maximum Gasteiger partial charge on any atom is 0.192 e. The highest BCUT2D eigenvalue weighted by molar-refractivity contribution is 7.91. The van der Waals surface area contributed by atoms with Crippen molar-refractivity contribution in [1.82, 2.24) is 0 Å². The Balaban J connectivity index is 2.37. The highest BCUT2D eigenvalue weighted by Crippen LogP contribution is 2.39. The first-order valence-corrected chi connectivity index (χ1v) is 15.1. The molecule has 0 fully saturated rings. The molecule has 0 saturated carbocycles. The predicted molar refractivity (Wildman–Crippen MR) is 125 cm³/mol. The summed E-state index contributed by atoms with van der Waals surface area (Å²) in [6, 6.07) is 8.62. The minimum absolute atomic E-state index is 0.00467. The zero-order valence-corrected chi connectivity index (χ0v) is 21.4. The van der Waals surface area contributed by atoms with Gasteiger partial charge in [0.2, 0.25) is 0 Å². The van der Waals surface area contributed by atoms with Gasteiger partial charge < -0.3 is 4.43 Å². The van der Waals surface area contributed by atoms with Crippen LogP contribution in [0.2, 0.25) is 23.2 Å². The fourth-order valence-corrected chi connectivity index (χ4v) is 6.56. The van der Waals surface area contributed by atoms with E-state index in [4.69, 9.17) is 16.0 Å². The first-order chi connectivity index (χ1) is 14.1. The first-order valence-electron chi connectivity index (χ1n) is 10.3. The van der Waals surface area contributed by atoms with Crippen molar-refractivity contribution in [3.8, 4) is 0 Å². The van der Waals surface area contributed by atoms with Crippen LogP contribution in [0.4, 0.5) is 8.78 Å². The highest BCUT2D eigenvalue weighted by atomic mass is 35.5. The number of sulfone groups is 1. The summed E-state index contributed by atoms with van der Waals surface area (Å²) in [5.41, 5.74) is -0.172. The molecule has 8 heteroatoms. The summed E-state index contributed by atoms with van der Waals surface area (Å²) in [7, 11) is -6.04. The molecule has 2 aromatic rings. The first kappa shape index (κ1) is 26.0. The van der Waals surface area contributed by atoms with Gasteiger partial charge in [0.25, 0.3) is 0 Å². The Morgan fingerprint density at radius 3 is 2.16 bits per heavy atom. The molecule has 2 unspecified atom stereocenters. The van der Waals surface area contributed by atoms with E-state index in [1.165, 1.54) is 24.3 Å². The van der Waals surface area contributed by atoms with E-state index >= 15 is 0 Å². The van der Waals surface area contributed by atoms with Crippen molar-refractivity contribution in [2.45, 2.75) is 74.9 Å². The lowest BCUT2D eigenvalue weighted by Gasteiger charge is -2.38. The lowest BCUT2D eigenvalue weighted by molar-refractivity contribution is 0.186. The molecular weight excluding hydrogens is 458 g/mol. The average Bonchev–Trinajstić information content (AvgIpc) is 2.63. The lowest BCUT2D eigenvalue weighted by Crippen LogP contribution is -2.43. The molecule has 0 aliphatic rings. The standard InChI is InChI=1S/C23H31ClF2O3SSi/c1-16(29-31(5,6)23(2,3)4)7-14-22(20-15-18(25)10-13-21(20)26)30(27,28)19-11-8-17(24)9-12-19/h8-13,15-16,22H,7,14H2,1-6H3. The smallest absolute Gasteiger partial charge is 0.192 e. The van der Waals surface area contributed by atoms with Crippen LogP contribution in [-0.2, 0) is 14.3 Å².